The van der Waals surface area contributed by atoms with Crippen LogP contribution in [-0.2, 0) is 14.1 Å². The number of aromatic hydroxyl groups is 1. The molecule has 0 fully saturated rings. The molecule has 1 heterocycles. The van der Waals surface area contributed by atoms with Crippen LogP contribution in [0.3, 0.4) is 0 Å². The number of hydrazone groups is 1. The molecule has 7 heteroatoms. The van der Waals surface area contributed by atoms with Crippen LogP contribution in [0.15, 0.2) is 45.0 Å². The van der Waals surface area contributed by atoms with Crippen LogP contribution in [0, 0.1) is 0 Å². The summed E-state index contributed by atoms with van der Waals surface area (Å²) in [5, 5.41) is 14.3. The lowest BCUT2D eigenvalue weighted by atomic mass is 10.1. The van der Waals surface area contributed by atoms with Gasteiger partial charge in [-0.15, -0.1) is 0 Å². The van der Waals surface area contributed by atoms with Crippen molar-refractivity contribution in [3.63, 3.8) is 0 Å². The minimum absolute atomic E-state index is 0.0236. The topological polar surface area (TPSA) is 88.6 Å². The smallest absolute Gasteiger partial charge is 0.333 e. The molecule has 0 aliphatic carbocycles. The van der Waals surface area contributed by atoms with Crippen LogP contribution in [0.1, 0.15) is 18.9 Å². The summed E-state index contributed by atoms with van der Waals surface area (Å²) in [6.45, 7) is 1.81. The summed E-state index contributed by atoms with van der Waals surface area (Å²) >= 11 is 0. The van der Waals surface area contributed by atoms with Gasteiger partial charge in [0, 0.05) is 14.1 Å². The molecule has 7 nitrogen and oxygen atoms in total. The van der Waals surface area contributed by atoms with Crippen molar-refractivity contribution in [3.8, 4) is 5.88 Å². The van der Waals surface area contributed by atoms with Crippen LogP contribution in [0.5, 0.6) is 5.88 Å². The largest absolute Gasteiger partial charge is 0.494 e. The van der Waals surface area contributed by atoms with Gasteiger partial charge in [-0.2, -0.15) is 5.10 Å². The van der Waals surface area contributed by atoms with Crippen molar-refractivity contribution in [1.82, 2.24) is 9.13 Å². The summed E-state index contributed by atoms with van der Waals surface area (Å²) in [5.74, 6) is -0.386. The Morgan fingerprint density at radius 1 is 1.18 bits per heavy atom. The van der Waals surface area contributed by atoms with Gasteiger partial charge >= 0.3 is 5.69 Å². The second-order valence-corrected chi connectivity index (χ2v) is 4.79. The van der Waals surface area contributed by atoms with Crippen molar-refractivity contribution in [2.75, 3.05) is 5.43 Å². The number of para-hydroxylation sites is 1. The van der Waals surface area contributed by atoms with Crippen LogP contribution in [-0.4, -0.2) is 20.0 Å². The minimum Gasteiger partial charge on any atom is -0.494 e. The van der Waals surface area contributed by atoms with Crippen LogP contribution in [0.2, 0.25) is 0 Å². The first kappa shape index (κ1) is 15.6. The normalized spacial score (nSPS) is 11.5. The van der Waals surface area contributed by atoms with E-state index in [4.69, 9.17) is 0 Å². The summed E-state index contributed by atoms with van der Waals surface area (Å²) in [6.07, 6.45) is 0.417. The Labute approximate surface area is 127 Å². The van der Waals surface area contributed by atoms with E-state index in [1.165, 1.54) is 14.1 Å². The molecule has 0 saturated carbocycles. The van der Waals surface area contributed by atoms with E-state index in [2.05, 4.69) is 10.5 Å². The fraction of sp³-hybridized carbons (Fsp3) is 0.267. The Bertz CT molecular complexity index is 819. The first-order valence-electron chi connectivity index (χ1n) is 6.84. The summed E-state index contributed by atoms with van der Waals surface area (Å²) < 4.78 is 1.97. The molecule has 0 bridgehead atoms. The van der Waals surface area contributed by atoms with E-state index >= 15 is 0 Å². The number of nitrogens with zero attached hydrogens (tertiary/aromatic N) is 3. The van der Waals surface area contributed by atoms with Gasteiger partial charge in [-0.3, -0.25) is 19.4 Å². The molecule has 0 radical (unpaired) electrons. The number of rotatable bonds is 4. The molecule has 0 spiro atoms. The van der Waals surface area contributed by atoms with Gasteiger partial charge in [0.25, 0.3) is 5.56 Å². The Kier molecular flexibility index (Phi) is 4.45. The fourth-order valence-electron chi connectivity index (χ4n) is 2.04. The van der Waals surface area contributed by atoms with Crippen LogP contribution in [0.25, 0.3) is 0 Å². The van der Waals surface area contributed by atoms with Crippen molar-refractivity contribution >= 4 is 11.4 Å². The van der Waals surface area contributed by atoms with E-state index in [-0.39, 0.29) is 11.4 Å². The predicted octanol–water partition coefficient (Wildman–Crippen LogP) is 1.02. The van der Waals surface area contributed by atoms with Crippen molar-refractivity contribution in [3.05, 3.63) is 56.7 Å². The van der Waals surface area contributed by atoms with Gasteiger partial charge in [-0.1, -0.05) is 25.1 Å². The third kappa shape index (κ3) is 2.78. The molecule has 1 aromatic carbocycles. The lowest BCUT2D eigenvalue weighted by molar-refractivity contribution is 0.410. The standard InChI is InChI=1S/C15H18N4O3/c1-4-11(17-16-10-8-6-5-7-9-10)12-13(20)18(2)15(22)19(3)14(12)21/h5-9,16,20H,4H2,1-3H3/b17-11-. The van der Waals surface area contributed by atoms with Gasteiger partial charge in [0.15, 0.2) is 0 Å². The second-order valence-electron chi connectivity index (χ2n) is 4.79. The Hall–Kier alpha value is -2.83. The van der Waals surface area contributed by atoms with E-state index in [1.54, 1.807) is 0 Å². The van der Waals surface area contributed by atoms with Gasteiger partial charge in [0.1, 0.15) is 5.56 Å². The van der Waals surface area contributed by atoms with Crippen molar-refractivity contribution in [2.45, 2.75) is 13.3 Å². The third-order valence-electron chi connectivity index (χ3n) is 3.35. The molecule has 116 valence electrons. The summed E-state index contributed by atoms with van der Waals surface area (Å²) in [6, 6.07) is 9.24. The molecule has 0 aliphatic heterocycles. The zero-order valence-corrected chi connectivity index (χ0v) is 12.7. The van der Waals surface area contributed by atoms with E-state index in [0.29, 0.717) is 12.1 Å². The highest BCUT2D eigenvalue weighted by atomic mass is 16.3. The van der Waals surface area contributed by atoms with Crippen LogP contribution < -0.4 is 16.7 Å². The molecular formula is C15H18N4O3. The number of benzene rings is 1. The number of aromatic nitrogens is 2. The van der Waals surface area contributed by atoms with Gasteiger partial charge in [0.05, 0.1) is 11.4 Å². The van der Waals surface area contributed by atoms with Crippen molar-refractivity contribution in [1.29, 1.82) is 0 Å². The first-order chi connectivity index (χ1) is 10.5. The maximum absolute atomic E-state index is 12.3. The van der Waals surface area contributed by atoms with Gasteiger partial charge in [-0.05, 0) is 18.6 Å². The first-order valence-corrected chi connectivity index (χ1v) is 6.84. The molecule has 0 amide bonds. The van der Waals surface area contributed by atoms with Crippen LogP contribution in [0.4, 0.5) is 5.69 Å². The van der Waals surface area contributed by atoms with E-state index in [1.807, 2.05) is 37.3 Å². The average Bonchev–Trinajstić information content (AvgIpc) is 2.55. The van der Waals surface area contributed by atoms with Crippen molar-refractivity contribution < 1.29 is 5.11 Å². The zero-order chi connectivity index (χ0) is 16.3. The third-order valence-corrected chi connectivity index (χ3v) is 3.35. The Balaban J connectivity index is 2.53. The zero-order valence-electron chi connectivity index (χ0n) is 12.7. The maximum atomic E-state index is 12.3. The maximum Gasteiger partial charge on any atom is 0.333 e. The van der Waals surface area contributed by atoms with Gasteiger partial charge in [0.2, 0.25) is 5.88 Å². The number of hydrogen-bond donors (Lipinski definition) is 2. The van der Waals surface area contributed by atoms with E-state index < -0.39 is 11.2 Å². The molecule has 0 aliphatic rings. The number of hydrogen-bond acceptors (Lipinski definition) is 5. The molecule has 22 heavy (non-hydrogen) atoms. The highest BCUT2D eigenvalue weighted by Crippen LogP contribution is 2.13. The second kappa shape index (κ2) is 6.30. The SMILES string of the molecule is CC/C(=N/Nc1ccccc1)c1c(O)n(C)c(=O)n(C)c1=O. The molecule has 0 atom stereocenters. The minimum atomic E-state index is -0.585. The van der Waals surface area contributed by atoms with E-state index in [0.717, 1.165) is 14.8 Å². The molecule has 2 N–H and O–H groups in total. The molecule has 2 rings (SSSR count). The number of nitrogens with one attached hydrogen (secondary N) is 1. The van der Waals surface area contributed by atoms with Crippen molar-refractivity contribution in [2.24, 2.45) is 19.2 Å². The summed E-state index contributed by atoms with van der Waals surface area (Å²) in [4.78, 5) is 24.0. The monoisotopic (exact) mass is 302 g/mol. The summed E-state index contributed by atoms with van der Waals surface area (Å²) in [5.41, 5.74) is 2.84. The van der Waals surface area contributed by atoms with E-state index in [9.17, 15) is 14.7 Å². The van der Waals surface area contributed by atoms with Gasteiger partial charge < -0.3 is 5.11 Å². The van der Waals surface area contributed by atoms with Crippen LogP contribution >= 0.6 is 0 Å². The molecule has 0 saturated heterocycles. The number of anilines is 1. The molecular weight excluding hydrogens is 284 g/mol. The average molecular weight is 302 g/mol. The molecule has 1 aromatic heterocycles. The molecule has 2 aromatic rings. The predicted molar refractivity (Wildman–Crippen MR) is 85.5 cm³/mol. The fourth-order valence-corrected chi connectivity index (χ4v) is 2.04. The highest BCUT2D eigenvalue weighted by Gasteiger charge is 2.19. The molecule has 0 unspecified atom stereocenters. The van der Waals surface area contributed by atoms with Gasteiger partial charge in [-0.25, -0.2) is 4.79 Å². The lowest BCUT2D eigenvalue weighted by Gasteiger charge is -2.11. The lowest BCUT2D eigenvalue weighted by Crippen LogP contribution is -2.40. The Morgan fingerprint density at radius 2 is 1.82 bits per heavy atom. The summed E-state index contributed by atoms with van der Waals surface area (Å²) in [7, 11) is 2.77. The highest BCUT2D eigenvalue weighted by molar-refractivity contribution is 6.02. The quantitative estimate of drug-likeness (QED) is 0.652. The Morgan fingerprint density at radius 3 is 2.41 bits per heavy atom.